The van der Waals surface area contributed by atoms with Crippen molar-refractivity contribution in [2.45, 2.75) is 45.6 Å². The molecule has 164 valence electrons. The average Bonchev–Trinajstić information content (AvgIpc) is 3.19. The lowest BCUT2D eigenvalue weighted by atomic mass is 10.2. The Morgan fingerprint density at radius 2 is 1.84 bits per heavy atom. The van der Waals surface area contributed by atoms with E-state index in [0.717, 1.165) is 47.4 Å². The molecule has 3 aromatic rings. The molecule has 0 unspecified atom stereocenters. The highest BCUT2D eigenvalue weighted by Crippen LogP contribution is 2.29. The number of hydrogen-bond donors (Lipinski definition) is 1. The first kappa shape index (κ1) is 21.8. The molecule has 3 heterocycles. The lowest BCUT2D eigenvalue weighted by Crippen LogP contribution is -2.35. The summed E-state index contributed by atoms with van der Waals surface area (Å²) in [7, 11) is 0. The number of hydrogen-bond acceptors (Lipinski definition) is 4. The molecular formula is C23H27ClN4O2S. The highest BCUT2D eigenvalue weighted by molar-refractivity contribution is 7.20. The first-order valence-electron chi connectivity index (χ1n) is 10.8. The van der Waals surface area contributed by atoms with Crippen LogP contribution in [0.4, 0.5) is 0 Å². The molecule has 0 radical (unpaired) electrons. The van der Waals surface area contributed by atoms with Crippen molar-refractivity contribution in [1.29, 1.82) is 0 Å². The Labute approximate surface area is 191 Å². The highest BCUT2D eigenvalue weighted by atomic mass is 35.5. The molecule has 4 rings (SSSR count). The predicted molar refractivity (Wildman–Crippen MR) is 125 cm³/mol. The number of amides is 2. The van der Waals surface area contributed by atoms with E-state index in [4.69, 9.17) is 11.6 Å². The van der Waals surface area contributed by atoms with Gasteiger partial charge in [0.1, 0.15) is 4.83 Å². The van der Waals surface area contributed by atoms with Crippen LogP contribution in [0.5, 0.6) is 0 Å². The topological polar surface area (TPSA) is 67.2 Å². The number of carbonyl (C=O) groups is 2. The minimum Gasteiger partial charge on any atom is -0.351 e. The Kier molecular flexibility index (Phi) is 6.92. The van der Waals surface area contributed by atoms with Crippen LogP contribution in [0.2, 0.25) is 5.02 Å². The molecule has 8 heteroatoms. The summed E-state index contributed by atoms with van der Waals surface area (Å²) >= 11 is 7.41. The number of benzene rings is 1. The van der Waals surface area contributed by atoms with Crippen molar-refractivity contribution in [2.24, 2.45) is 0 Å². The van der Waals surface area contributed by atoms with Gasteiger partial charge in [-0.15, -0.1) is 11.3 Å². The zero-order valence-corrected chi connectivity index (χ0v) is 19.3. The molecule has 0 spiro atoms. The zero-order valence-electron chi connectivity index (χ0n) is 17.7. The van der Waals surface area contributed by atoms with Gasteiger partial charge in [0, 0.05) is 36.5 Å². The van der Waals surface area contributed by atoms with E-state index in [2.05, 4.69) is 10.4 Å². The van der Waals surface area contributed by atoms with E-state index in [9.17, 15) is 9.59 Å². The van der Waals surface area contributed by atoms with E-state index >= 15 is 0 Å². The van der Waals surface area contributed by atoms with Gasteiger partial charge in [-0.05, 0) is 43.5 Å². The summed E-state index contributed by atoms with van der Waals surface area (Å²) in [5.74, 6) is -0.00435. The minimum absolute atomic E-state index is 0.132. The second-order valence-electron chi connectivity index (χ2n) is 8.00. The van der Waals surface area contributed by atoms with Crippen molar-refractivity contribution in [2.75, 3.05) is 19.6 Å². The van der Waals surface area contributed by atoms with E-state index in [1.54, 1.807) is 0 Å². The molecule has 0 bridgehead atoms. The summed E-state index contributed by atoms with van der Waals surface area (Å²) < 4.78 is 1.93. The largest absolute Gasteiger partial charge is 0.351 e. The van der Waals surface area contributed by atoms with Crippen LogP contribution in [0.25, 0.3) is 10.2 Å². The van der Waals surface area contributed by atoms with Crippen molar-refractivity contribution in [3.8, 4) is 0 Å². The number of carbonyl (C=O) groups excluding carboxylic acids is 2. The third-order valence-electron chi connectivity index (χ3n) is 5.66. The molecule has 0 saturated carbocycles. The minimum atomic E-state index is -0.137. The van der Waals surface area contributed by atoms with Crippen LogP contribution < -0.4 is 5.32 Å². The number of aromatic nitrogens is 2. The molecule has 1 aliphatic rings. The van der Waals surface area contributed by atoms with E-state index in [-0.39, 0.29) is 11.8 Å². The van der Waals surface area contributed by atoms with Crippen molar-refractivity contribution in [3.05, 3.63) is 51.5 Å². The molecule has 2 aromatic heterocycles. The number of rotatable bonds is 6. The molecule has 1 N–H and O–H groups in total. The summed E-state index contributed by atoms with van der Waals surface area (Å²) in [5.41, 5.74) is 2.00. The van der Waals surface area contributed by atoms with Crippen LogP contribution in [-0.4, -0.2) is 46.1 Å². The van der Waals surface area contributed by atoms with Crippen molar-refractivity contribution in [3.63, 3.8) is 0 Å². The van der Waals surface area contributed by atoms with Crippen molar-refractivity contribution in [1.82, 2.24) is 20.0 Å². The molecular weight excluding hydrogens is 432 g/mol. The Morgan fingerprint density at radius 3 is 2.55 bits per heavy atom. The van der Waals surface area contributed by atoms with Gasteiger partial charge in [0.25, 0.3) is 5.91 Å². The second-order valence-corrected chi connectivity index (χ2v) is 9.47. The van der Waals surface area contributed by atoms with Crippen LogP contribution in [-0.2, 0) is 11.3 Å². The molecule has 1 aromatic carbocycles. The fourth-order valence-corrected chi connectivity index (χ4v) is 5.15. The highest BCUT2D eigenvalue weighted by Gasteiger charge is 2.18. The Hall–Kier alpha value is -2.38. The van der Waals surface area contributed by atoms with E-state index in [1.807, 2.05) is 46.8 Å². The monoisotopic (exact) mass is 458 g/mol. The van der Waals surface area contributed by atoms with Gasteiger partial charge in [-0.3, -0.25) is 14.3 Å². The lowest BCUT2D eigenvalue weighted by Gasteiger charge is -2.20. The van der Waals surface area contributed by atoms with E-state index < -0.39 is 0 Å². The first-order valence-corrected chi connectivity index (χ1v) is 12.0. The molecule has 0 aliphatic carbocycles. The summed E-state index contributed by atoms with van der Waals surface area (Å²) in [4.78, 5) is 28.6. The maximum Gasteiger partial charge on any atom is 0.261 e. The van der Waals surface area contributed by atoms with Gasteiger partial charge >= 0.3 is 0 Å². The summed E-state index contributed by atoms with van der Waals surface area (Å²) in [5, 5.41) is 9.23. The molecule has 1 saturated heterocycles. The quantitative estimate of drug-likeness (QED) is 0.585. The third kappa shape index (κ3) is 5.28. The smallest absolute Gasteiger partial charge is 0.261 e. The lowest BCUT2D eigenvalue weighted by molar-refractivity contribution is -0.131. The van der Waals surface area contributed by atoms with Gasteiger partial charge in [-0.2, -0.15) is 5.10 Å². The zero-order chi connectivity index (χ0) is 21.8. The Morgan fingerprint density at radius 1 is 1.13 bits per heavy atom. The molecule has 1 fully saturated rings. The van der Waals surface area contributed by atoms with Crippen molar-refractivity contribution < 1.29 is 9.59 Å². The van der Waals surface area contributed by atoms with Gasteiger partial charge in [0.2, 0.25) is 5.91 Å². The summed E-state index contributed by atoms with van der Waals surface area (Å²) in [6.07, 6.45) is 4.89. The van der Waals surface area contributed by atoms with Gasteiger partial charge in [0.05, 0.1) is 17.1 Å². The maximum atomic E-state index is 12.7. The third-order valence-corrected chi connectivity index (χ3v) is 7.06. The standard InChI is InChI=1S/C23H27ClN4O2S/c1-16-19-14-20(22(30)25-11-10-21(29)27-12-4-2-3-5-13-27)31-23(19)28(26-16)15-17-6-8-18(24)9-7-17/h6-9,14H,2-5,10-13,15H2,1H3,(H,25,30). The van der Waals surface area contributed by atoms with Crippen LogP contribution in [0.1, 0.15) is 53.0 Å². The van der Waals surface area contributed by atoms with Gasteiger partial charge in [-0.25, -0.2) is 0 Å². The predicted octanol–water partition coefficient (Wildman–Crippen LogP) is 4.63. The van der Waals surface area contributed by atoms with Gasteiger partial charge in [-0.1, -0.05) is 36.6 Å². The number of aryl methyl sites for hydroxylation is 1. The summed E-state index contributed by atoms with van der Waals surface area (Å²) in [6, 6.07) is 9.59. The Bertz CT molecular complexity index is 1070. The van der Waals surface area contributed by atoms with Crippen LogP contribution in [0.3, 0.4) is 0 Å². The second kappa shape index (κ2) is 9.83. The van der Waals surface area contributed by atoms with E-state index in [1.165, 1.54) is 24.2 Å². The molecule has 2 amide bonds. The number of halogens is 1. The normalized spacial score (nSPS) is 14.6. The van der Waals surface area contributed by atoms with E-state index in [0.29, 0.717) is 29.4 Å². The van der Waals surface area contributed by atoms with Crippen molar-refractivity contribution >= 4 is 45.0 Å². The molecule has 6 nitrogen and oxygen atoms in total. The van der Waals surface area contributed by atoms with Crippen LogP contribution >= 0.6 is 22.9 Å². The van der Waals surface area contributed by atoms with Crippen LogP contribution in [0.15, 0.2) is 30.3 Å². The number of nitrogens with one attached hydrogen (secondary N) is 1. The Balaban J connectivity index is 1.38. The number of nitrogens with zero attached hydrogens (tertiary/aromatic N) is 3. The number of fused-ring (bicyclic) bond motifs is 1. The SMILES string of the molecule is Cc1nn(Cc2ccc(Cl)cc2)c2sc(C(=O)NCCC(=O)N3CCCCCC3)cc12. The molecule has 31 heavy (non-hydrogen) atoms. The number of likely N-dealkylation sites (tertiary alicyclic amines) is 1. The van der Waals surface area contributed by atoms with Gasteiger partial charge < -0.3 is 10.2 Å². The fraction of sp³-hybridized carbons (Fsp3) is 0.435. The van der Waals surface area contributed by atoms with Gasteiger partial charge in [0.15, 0.2) is 0 Å². The summed E-state index contributed by atoms with van der Waals surface area (Å²) in [6.45, 7) is 4.61. The molecule has 0 atom stereocenters. The maximum absolute atomic E-state index is 12.7. The van der Waals surface area contributed by atoms with Crippen LogP contribution in [0, 0.1) is 6.92 Å². The first-order chi connectivity index (χ1) is 15.0. The molecule has 1 aliphatic heterocycles. The average molecular weight is 459 g/mol. The fourth-order valence-electron chi connectivity index (χ4n) is 3.94. The number of thiophene rings is 1.